The van der Waals surface area contributed by atoms with Gasteiger partial charge in [0.15, 0.2) is 0 Å². The van der Waals surface area contributed by atoms with Crippen molar-refractivity contribution in [2.45, 2.75) is 18.2 Å². The summed E-state index contributed by atoms with van der Waals surface area (Å²) in [7, 11) is 0. The lowest BCUT2D eigenvalue weighted by Gasteiger charge is -2.34. The number of halogens is 3. The second-order valence-electron chi connectivity index (χ2n) is 6.34. The molecule has 0 fully saturated rings. The molecule has 0 aromatic heterocycles. The van der Waals surface area contributed by atoms with E-state index in [9.17, 15) is 27.9 Å². The smallest absolute Gasteiger partial charge is 0.416 e. The number of carbonyl (C=O) groups excluding carboxylic acids is 2. The summed E-state index contributed by atoms with van der Waals surface area (Å²) < 4.78 is 43.6. The van der Waals surface area contributed by atoms with E-state index in [1.165, 1.54) is 6.07 Å². The largest absolute Gasteiger partial charge is 0.493 e. The number of alkyl halides is 3. The maximum atomic E-state index is 12.7. The summed E-state index contributed by atoms with van der Waals surface area (Å²) in [4.78, 5) is 24.0. The van der Waals surface area contributed by atoms with E-state index in [2.05, 4.69) is 10.6 Å². The van der Waals surface area contributed by atoms with Gasteiger partial charge in [-0.1, -0.05) is 24.3 Å². The van der Waals surface area contributed by atoms with Crippen molar-refractivity contribution in [1.29, 1.82) is 0 Å². The van der Waals surface area contributed by atoms with Crippen LogP contribution in [0.15, 0.2) is 48.5 Å². The van der Waals surface area contributed by atoms with Crippen LogP contribution in [0.3, 0.4) is 0 Å². The van der Waals surface area contributed by atoms with Crippen molar-refractivity contribution in [3.8, 4) is 5.75 Å². The molecule has 1 aliphatic rings. The zero-order valence-electron chi connectivity index (χ0n) is 14.5. The number of aliphatic hydroxyl groups is 1. The molecule has 1 heterocycles. The summed E-state index contributed by atoms with van der Waals surface area (Å²) in [5.74, 6) is -1.73. The van der Waals surface area contributed by atoms with Gasteiger partial charge in [0, 0.05) is 17.7 Å². The van der Waals surface area contributed by atoms with Crippen molar-refractivity contribution in [3.05, 3.63) is 59.7 Å². The predicted molar refractivity (Wildman–Crippen MR) is 93.5 cm³/mol. The highest BCUT2D eigenvalue weighted by atomic mass is 19.4. The van der Waals surface area contributed by atoms with Gasteiger partial charge < -0.3 is 20.5 Å². The van der Waals surface area contributed by atoms with Crippen LogP contribution in [0.25, 0.3) is 0 Å². The molecule has 2 amide bonds. The number of rotatable bonds is 3. The van der Waals surface area contributed by atoms with Gasteiger partial charge in [0.1, 0.15) is 11.4 Å². The van der Waals surface area contributed by atoms with E-state index in [1.54, 1.807) is 24.3 Å². The molecule has 148 valence electrons. The fourth-order valence-corrected chi connectivity index (χ4v) is 2.89. The molecular formula is C19H17F3N2O4. The molecule has 0 bridgehead atoms. The lowest BCUT2D eigenvalue weighted by atomic mass is 9.88. The number of benzene rings is 2. The van der Waals surface area contributed by atoms with Crippen molar-refractivity contribution in [2.75, 3.05) is 18.5 Å². The number of carbonyl (C=O) groups is 2. The van der Waals surface area contributed by atoms with E-state index in [0.29, 0.717) is 11.3 Å². The molecule has 0 spiro atoms. The first kappa shape index (κ1) is 19.7. The average Bonchev–Trinajstić information content (AvgIpc) is 2.66. The maximum absolute atomic E-state index is 12.7. The highest BCUT2D eigenvalue weighted by Gasteiger charge is 2.36. The van der Waals surface area contributed by atoms with E-state index in [4.69, 9.17) is 4.74 Å². The number of hydrogen-bond donors (Lipinski definition) is 3. The highest BCUT2D eigenvalue weighted by molar-refractivity contribution is 6.39. The van der Waals surface area contributed by atoms with Gasteiger partial charge in [0.2, 0.25) is 0 Å². The quantitative estimate of drug-likeness (QED) is 0.698. The third-order valence-electron chi connectivity index (χ3n) is 4.36. The van der Waals surface area contributed by atoms with E-state index < -0.39 is 29.2 Å². The van der Waals surface area contributed by atoms with Crippen LogP contribution in [0.5, 0.6) is 5.75 Å². The van der Waals surface area contributed by atoms with Gasteiger partial charge in [-0.15, -0.1) is 0 Å². The van der Waals surface area contributed by atoms with Crippen LogP contribution in [-0.2, 0) is 21.4 Å². The molecule has 1 atom stereocenters. The first-order chi connectivity index (χ1) is 13.2. The number of fused-ring (bicyclic) bond motifs is 1. The molecule has 2 aromatic carbocycles. The minimum absolute atomic E-state index is 0.162. The van der Waals surface area contributed by atoms with Gasteiger partial charge in [0.05, 0.1) is 18.7 Å². The molecule has 1 aliphatic heterocycles. The molecule has 1 unspecified atom stereocenters. The Labute approximate surface area is 158 Å². The SMILES string of the molecule is O=C(NCC1(O)CCOc2ccccc21)C(=O)Nc1cccc(C(F)(F)F)c1. The number of anilines is 1. The Bertz CT molecular complexity index is 901. The molecule has 3 N–H and O–H groups in total. The Kier molecular flexibility index (Phi) is 5.28. The van der Waals surface area contributed by atoms with Gasteiger partial charge in [-0.2, -0.15) is 13.2 Å². The van der Waals surface area contributed by atoms with Crippen LogP contribution in [0.1, 0.15) is 17.5 Å². The van der Waals surface area contributed by atoms with E-state index in [0.717, 1.165) is 18.2 Å². The fraction of sp³-hybridized carbons (Fsp3) is 0.263. The van der Waals surface area contributed by atoms with Crippen molar-refractivity contribution < 1.29 is 32.6 Å². The van der Waals surface area contributed by atoms with Gasteiger partial charge in [-0.3, -0.25) is 9.59 Å². The molecule has 0 saturated heterocycles. The van der Waals surface area contributed by atoms with Crippen LogP contribution < -0.4 is 15.4 Å². The molecule has 0 aliphatic carbocycles. The minimum atomic E-state index is -4.57. The number of para-hydroxylation sites is 1. The first-order valence-electron chi connectivity index (χ1n) is 8.40. The van der Waals surface area contributed by atoms with Gasteiger partial charge in [-0.25, -0.2) is 0 Å². The summed E-state index contributed by atoms with van der Waals surface area (Å²) >= 11 is 0. The fourth-order valence-electron chi connectivity index (χ4n) is 2.89. The second-order valence-corrected chi connectivity index (χ2v) is 6.34. The summed E-state index contributed by atoms with van der Waals surface area (Å²) in [5.41, 5.74) is -2.04. The topological polar surface area (TPSA) is 87.7 Å². The number of hydrogen-bond acceptors (Lipinski definition) is 4. The summed E-state index contributed by atoms with van der Waals surface area (Å²) in [6, 6.07) is 10.7. The van der Waals surface area contributed by atoms with E-state index >= 15 is 0 Å². The Hall–Kier alpha value is -3.07. The van der Waals surface area contributed by atoms with Crippen LogP contribution >= 0.6 is 0 Å². The van der Waals surface area contributed by atoms with Gasteiger partial charge in [0.25, 0.3) is 0 Å². The van der Waals surface area contributed by atoms with Crippen molar-refractivity contribution in [3.63, 3.8) is 0 Å². The molecular weight excluding hydrogens is 377 g/mol. The normalized spacial score (nSPS) is 18.6. The molecule has 6 nitrogen and oxygen atoms in total. The lowest BCUT2D eigenvalue weighted by Crippen LogP contribution is -2.46. The Morgan fingerprint density at radius 1 is 1.11 bits per heavy atom. The van der Waals surface area contributed by atoms with Crippen LogP contribution in [0.4, 0.5) is 18.9 Å². The monoisotopic (exact) mass is 394 g/mol. The van der Waals surface area contributed by atoms with E-state index in [1.807, 2.05) is 0 Å². The molecule has 0 saturated carbocycles. The third kappa shape index (κ3) is 4.25. The summed E-state index contributed by atoms with van der Waals surface area (Å²) in [5, 5.41) is 15.3. The second kappa shape index (κ2) is 7.51. The molecule has 2 aromatic rings. The van der Waals surface area contributed by atoms with Gasteiger partial charge >= 0.3 is 18.0 Å². The van der Waals surface area contributed by atoms with Gasteiger partial charge in [-0.05, 0) is 24.3 Å². The van der Waals surface area contributed by atoms with Crippen molar-refractivity contribution >= 4 is 17.5 Å². The van der Waals surface area contributed by atoms with Crippen molar-refractivity contribution in [2.24, 2.45) is 0 Å². The summed E-state index contributed by atoms with van der Waals surface area (Å²) in [6.45, 7) is -0.0119. The molecule has 9 heteroatoms. The van der Waals surface area contributed by atoms with Crippen LogP contribution in [0.2, 0.25) is 0 Å². The predicted octanol–water partition coefficient (Wildman–Crippen LogP) is 2.43. The maximum Gasteiger partial charge on any atom is 0.416 e. The molecule has 28 heavy (non-hydrogen) atoms. The van der Waals surface area contributed by atoms with Crippen molar-refractivity contribution in [1.82, 2.24) is 5.32 Å². The zero-order chi connectivity index (χ0) is 20.4. The minimum Gasteiger partial charge on any atom is -0.493 e. The van der Waals surface area contributed by atoms with E-state index in [-0.39, 0.29) is 25.3 Å². The first-order valence-corrected chi connectivity index (χ1v) is 8.40. The summed E-state index contributed by atoms with van der Waals surface area (Å²) in [6.07, 6.45) is -4.36. The highest BCUT2D eigenvalue weighted by Crippen LogP contribution is 2.36. The molecule has 0 radical (unpaired) electrons. The third-order valence-corrected chi connectivity index (χ3v) is 4.36. The number of nitrogens with one attached hydrogen (secondary N) is 2. The number of amides is 2. The average molecular weight is 394 g/mol. The Balaban J connectivity index is 1.64. The zero-order valence-corrected chi connectivity index (χ0v) is 14.5. The Morgan fingerprint density at radius 2 is 1.86 bits per heavy atom. The van der Waals surface area contributed by atoms with Crippen LogP contribution in [0, 0.1) is 0 Å². The van der Waals surface area contributed by atoms with Crippen LogP contribution in [-0.4, -0.2) is 30.1 Å². The standard InChI is InChI=1S/C19H17F3N2O4/c20-19(21,22)12-4-3-5-13(10-12)24-17(26)16(25)23-11-18(27)8-9-28-15-7-2-1-6-14(15)18/h1-7,10,27H,8-9,11H2,(H,23,25)(H,24,26). The number of ether oxygens (including phenoxy) is 1. The Morgan fingerprint density at radius 3 is 2.61 bits per heavy atom. The lowest BCUT2D eigenvalue weighted by molar-refractivity contribution is -0.137. The molecule has 3 rings (SSSR count).